The maximum atomic E-state index is 13.1. The Hall–Kier alpha value is -2.34. The van der Waals surface area contributed by atoms with Gasteiger partial charge in [0.25, 0.3) is 5.91 Å². The predicted octanol–water partition coefficient (Wildman–Crippen LogP) is 5.05. The molecule has 0 spiro atoms. The molecular weight excluding hydrogens is 427 g/mol. The van der Waals surface area contributed by atoms with Crippen LogP contribution in [-0.2, 0) is 17.8 Å². The molecule has 0 bridgehead atoms. The van der Waals surface area contributed by atoms with Gasteiger partial charge in [0.15, 0.2) is 0 Å². The Labute approximate surface area is 184 Å². The summed E-state index contributed by atoms with van der Waals surface area (Å²) in [6.07, 6.45) is 0.380. The van der Waals surface area contributed by atoms with Crippen molar-refractivity contribution in [1.29, 1.82) is 0 Å². The third kappa shape index (κ3) is 5.82. The van der Waals surface area contributed by atoms with E-state index in [1.54, 1.807) is 35.4 Å². The van der Waals surface area contributed by atoms with E-state index in [1.165, 1.54) is 6.07 Å². The maximum absolute atomic E-state index is 13.1. The second-order valence-electron chi connectivity index (χ2n) is 6.67. The molecule has 3 rings (SSSR count). The van der Waals surface area contributed by atoms with Crippen molar-refractivity contribution in [3.05, 3.63) is 92.1 Å². The highest BCUT2D eigenvalue weighted by molar-refractivity contribution is 7.07. The molecule has 1 aromatic heterocycles. The van der Waals surface area contributed by atoms with Gasteiger partial charge in [0.2, 0.25) is 5.91 Å². The topological polar surface area (TPSA) is 49.4 Å². The van der Waals surface area contributed by atoms with Gasteiger partial charge in [-0.3, -0.25) is 9.59 Å². The van der Waals surface area contributed by atoms with Gasteiger partial charge in [-0.25, -0.2) is 0 Å². The Bertz CT molecular complexity index is 978. The Morgan fingerprint density at radius 2 is 1.83 bits per heavy atom. The number of hydrogen-bond donors (Lipinski definition) is 1. The molecule has 0 radical (unpaired) electrons. The highest BCUT2D eigenvalue weighted by atomic mass is 35.5. The van der Waals surface area contributed by atoms with Crippen LogP contribution in [0.5, 0.6) is 0 Å². The largest absolute Gasteiger partial charge is 0.340 e. The fourth-order valence-electron chi connectivity index (χ4n) is 2.96. The highest BCUT2D eigenvalue weighted by Crippen LogP contribution is 2.21. The zero-order valence-electron chi connectivity index (χ0n) is 15.8. The number of likely N-dealkylation sites (N-methyl/N-ethyl adjacent to an activating group) is 1. The molecular formula is C22H20Cl2N2O2S. The van der Waals surface area contributed by atoms with E-state index in [4.69, 9.17) is 23.2 Å². The third-order valence-electron chi connectivity index (χ3n) is 4.44. The van der Waals surface area contributed by atoms with Crippen molar-refractivity contribution in [2.45, 2.75) is 19.0 Å². The maximum Gasteiger partial charge on any atom is 0.253 e. The van der Waals surface area contributed by atoms with Gasteiger partial charge >= 0.3 is 0 Å². The lowest BCUT2D eigenvalue weighted by Gasteiger charge is -2.25. The molecule has 1 heterocycles. The molecule has 7 heteroatoms. The molecule has 0 saturated carbocycles. The number of hydrogen-bond acceptors (Lipinski definition) is 3. The summed E-state index contributed by atoms with van der Waals surface area (Å²) in [5, 5.41) is 7.51. The van der Waals surface area contributed by atoms with Crippen LogP contribution in [0, 0.1) is 0 Å². The molecule has 0 fully saturated rings. The van der Waals surface area contributed by atoms with Crippen LogP contribution in [0.25, 0.3) is 0 Å². The molecule has 1 atom stereocenters. The molecule has 150 valence electrons. The van der Waals surface area contributed by atoms with Gasteiger partial charge in [-0.1, -0.05) is 53.5 Å². The number of thiophene rings is 1. The van der Waals surface area contributed by atoms with E-state index in [9.17, 15) is 9.59 Å². The lowest BCUT2D eigenvalue weighted by atomic mass is 10.0. The summed E-state index contributed by atoms with van der Waals surface area (Å²) in [5.74, 6) is -0.580. The van der Waals surface area contributed by atoms with Crippen molar-refractivity contribution in [1.82, 2.24) is 10.2 Å². The standard InChI is InChI=1S/C22H20Cl2N2O2S/c1-26(13-16-9-10-29-14-16)22(28)20(11-15-5-3-2-4-6-15)25-21(27)18-8-7-17(23)12-19(18)24/h2-10,12,14,20H,11,13H2,1H3,(H,25,27). The normalized spacial score (nSPS) is 11.7. The van der Waals surface area contributed by atoms with Crippen LogP contribution in [0.4, 0.5) is 0 Å². The zero-order chi connectivity index (χ0) is 20.8. The number of nitrogens with one attached hydrogen (secondary N) is 1. The molecule has 0 aliphatic carbocycles. The number of benzene rings is 2. The van der Waals surface area contributed by atoms with Crippen molar-refractivity contribution in [3.63, 3.8) is 0 Å². The van der Waals surface area contributed by atoms with E-state index in [2.05, 4.69) is 5.32 Å². The Kier molecular flexibility index (Phi) is 7.31. The lowest BCUT2D eigenvalue weighted by molar-refractivity contribution is -0.132. The van der Waals surface area contributed by atoms with Crippen molar-refractivity contribution in [3.8, 4) is 0 Å². The molecule has 1 N–H and O–H groups in total. The number of rotatable bonds is 7. The first-order chi connectivity index (χ1) is 13.9. The van der Waals surface area contributed by atoms with Crippen molar-refractivity contribution >= 4 is 46.4 Å². The summed E-state index contributed by atoms with van der Waals surface area (Å²) < 4.78 is 0. The average molecular weight is 447 g/mol. The highest BCUT2D eigenvalue weighted by Gasteiger charge is 2.26. The van der Waals surface area contributed by atoms with Crippen LogP contribution >= 0.6 is 34.5 Å². The lowest BCUT2D eigenvalue weighted by Crippen LogP contribution is -2.48. The summed E-state index contributed by atoms with van der Waals surface area (Å²) >= 11 is 13.7. The Morgan fingerprint density at radius 3 is 2.48 bits per heavy atom. The van der Waals surface area contributed by atoms with E-state index >= 15 is 0 Å². The Balaban J connectivity index is 1.80. The van der Waals surface area contributed by atoms with Crippen molar-refractivity contribution in [2.75, 3.05) is 7.05 Å². The molecule has 0 aliphatic rings. The molecule has 4 nitrogen and oxygen atoms in total. The third-order valence-corrected chi connectivity index (χ3v) is 5.72. The molecule has 0 aliphatic heterocycles. The van der Waals surface area contributed by atoms with Crippen LogP contribution in [-0.4, -0.2) is 29.8 Å². The van der Waals surface area contributed by atoms with E-state index in [0.29, 0.717) is 18.0 Å². The molecule has 3 aromatic rings. The second-order valence-corrected chi connectivity index (χ2v) is 8.29. The SMILES string of the molecule is CN(Cc1ccsc1)C(=O)C(Cc1ccccc1)NC(=O)c1ccc(Cl)cc1Cl. The van der Waals surface area contributed by atoms with E-state index in [1.807, 2.05) is 47.2 Å². The summed E-state index contributed by atoms with van der Waals surface area (Å²) in [4.78, 5) is 27.6. The average Bonchev–Trinajstić information content (AvgIpc) is 3.20. The van der Waals surface area contributed by atoms with Gasteiger partial charge in [-0.2, -0.15) is 11.3 Å². The smallest absolute Gasteiger partial charge is 0.253 e. The van der Waals surface area contributed by atoms with Gasteiger partial charge < -0.3 is 10.2 Å². The quantitative estimate of drug-likeness (QED) is 0.551. The van der Waals surface area contributed by atoms with E-state index in [-0.39, 0.29) is 16.5 Å². The number of nitrogens with zero attached hydrogens (tertiary/aromatic N) is 1. The fourth-order valence-corrected chi connectivity index (χ4v) is 4.11. The van der Waals surface area contributed by atoms with Crippen LogP contribution < -0.4 is 5.32 Å². The molecule has 2 aromatic carbocycles. The van der Waals surface area contributed by atoms with Crippen LogP contribution in [0.3, 0.4) is 0 Å². The fraction of sp³-hybridized carbons (Fsp3) is 0.182. The minimum atomic E-state index is -0.722. The van der Waals surface area contributed by atoms with Crippen LogP contribution in [0.1, 0.15) is 21.5 Å². The first-order valence-corrected chi connectivity index (χ1v) is 10.7. The minimum Gasteiger partial charge on any atom is -0.340 e. The summed E-state index contributed by atoms with van der Waals surface area (Å²) in [5.41, 5.74) is 2.29. The van der Waals surface area contributed by atoms with E-state index < -0.39 is 11.9 Å². The van der Waals surface area contributed by atoms with Crippen LogP contribution in [0.2, 0.25) is 10.0 Å². The van der Waals surface area contributed by atoms with Gasteiger partial charge in [0.1, 0.15) is 6.04 Å². The predicted molar refractivity (Wildman–Crippen MR) is 119 cm³/mol. The van der Waals surface area contributed by atoms with Gasteiger partial charge in [-0.15, -0.1) is 0 Å². The van der Waals surface area contributed by atoms with Crippen molar-refractivity contribution in [2.24, 2.45) is 0 Å². The van der Waals surface area contributed by atoms with Crippen molar-refractivity contribution < 1.29 is 9.59 Å². The van der Waals surface area contributed by atoms with Gasteiger partial charge in [-0.05, 0) is 46.2 Å². The number of carbonyl (C=O) groups is 2. The van der Waals surface area contributed by atoms with Crippen LogP contribution in [0.15, 0.2) is 65.4 Å². The minimum absolute atomic E-state index is 0.168. The van der Waals surface area contributed by atoms with Gasteiger partial charge in [0.05, 0.1) is 10.6 Å². The first-order valence-electron chi connectivity index (χ1n) is 9.00. The summed E-state index contributed by atoms with van der Waals surface area (Å²) in [6.45, 7) is 0.477. The monoisotopic (exact) mass is 446 g/mol. The molecule has 2 amide bonds. The number of amides is 2. The Morgan fingerprint density at radius 1 is 1.07 bits per heavy atom. The molecule has 29 heavy (non-hydrogen) atoms. The molecule has 0 saturated heterocycles. The summed E-state index contributed by atoms with van der Waals surface area (Å²) in [6, 6.07) is 15.5. The second kappa shape index (κ2) is 9.92. The van der Waals surface area contributed by atoms with E-state index in [0.717, 1.165) is 11.1 Å². The summed E-state index contributed by atoms with van der Waals surface area (Å²) in [7, 11) is 1.74. The number of halogens is 2. The zero-order valence-corrected chi connectivity index (χ0v) is 18.1. The molecule has 1 unspecified atom stereocenters. The van der Waals surface area contributed by atoms with Gasteiger partial charge in [0, 0.05) is 25.0 Å². The number of carbonyl (C=O) groups excluding carboxylic acids is 2. The first kappa shape index (κ1) is 21.4.